The molecule has 5 aromatic rings. The summed E-state index contributed by atoms with van der Waals surface area (Å²) in [7, 11) is 1.31. The molecule has 0 saturated carbocycles. The van der Waals surface area contributed by atoms with Gasteiger partial charge in [0.05, 0.1) is 37.6 Å². The molecule has 1 aliphatic heterocycles. The number of tetrazole rings is 1. The number of hydrogen-bond donors (Lipinski definition) is 3. The standard InChI is InChI=1S/C33H31Cl2N9O5/c1-48-32(46)22-7-5-21(6-8-22)28-29(35)40-30(39-28)26(16-20-3-2-4-23(15-20)31(45)43-11-13-49-14-12-43)38-33(47)36-18-24-17-25(34)9-10-27(24)44-19-37-41-42-44/h2-10,15,17,19,26H,11-14,16,18H2,1H3,(H,39,40)(H2,36,38,47)/t26-/m0/s1. The SMILES string of the molecule is COC(=O)c1ccc(-c2nc([C@H](Cc3cccc(C(=O)N4CCOCC4)c3)NC(=O)NCc3cc(Cl)ccc3-n3cnnn3)[nH]c2Cl)cc1. The van der Waals surface area contributed by atoms with E-state index in [1.807, 2.05) is 18.2 Å². The van der Waals surface area contributed by atoms with Crippen LogP contribution in [0.5, 0.6) is 0 Å². The molecule has 3 N–H and O–H groups in total. The van der Waals surface area contributed by atoms with Gasteiger partial charge in [-0.1, -0.05) is 47.5 Å². The highest BCUT2D eigenvalue weighted by Crippen LogP contribution is 2.29. The molecule has 0 bridgehead atoms. The fourth-order valence-corrected chi connectivity index (χ4v) is 5.86. The number of carbonyl (C=O) groups excluding carboxylic acids is 3. The second-order valence-electron chi connectivity index (χ2n) is 11.1. The number of nitrogens with zero attached hydrogens (tertiary/aromatic N) is 6. The van der Waals surface area contributed by atoms with E-state index in [1.165, 1.54) is 18.1 Å². The van der Waals surface area contributed by atoms with Gasteiger partial charge in [-0.15, -0.1) is 5.10 Å². The van der Waals surface area contributed by atoms with Gasteiger partial charge in [0.1, 0.15) is 23.0 Å². The van der Waals surface area contributed by atoms with Crippen LogP contribution in [0.3, 0.4) is 0 Å². The minimum absolute atomic E-state index is 0.0916. The van der Waals surface area contributed by atoms with Crippen LogP contribution in [0.15, 0.2) is 73.1 Å². The number of rotatable bonds is 10. The molecular weight excluding hydrogens is 673 g/mol. The lowest BCUT2D eigenvalue weighted by molar-refractivity contribution is 0.0303. The van der Waals surface area contributed by atoms with E-state index in [0.29, 0.717) is 70.8 Å². The number of halogens is 2. The Morgan fingerprint density at radius 2 is 1.82 bits per heavy atom. The van der Waals surface area contributed by atoms with Gasteiger partial charge < -0.3 is 30.0 Å². The molecule has 1 atom stereocenters. The molecule has 49 heavy (non-hydrogen) atoms. The number of ether oxygens (including phenoxy) is 2. The van der Waals surface area contributed by atoms with Crippen molar-refractivity contribution < 1.29 is 23.9 Å². The molecule has 0 spiro atoms. The van der Waals surface area contributed by atoms with E-state index in [1.54, 1.807) is 53.4 Å². The number of aromatic nitrogens is 6. The molecular formula is C33H31Cl2N9O5. The van der Waals surface area contributed by atoms with Crippen molar-refractivity contribution >= 4 is 41.1 Å². The molecule has 3 aromatic carbocycles. The first-order valence-electron chi connectivity index (χ1n) is 15.3. The normalized spacial score (nSPS) is 13.5. The average Bonchev–Trinajstić information content (AvgIpc) is 3.81. The molecule has 3 heterocycles. The highest BCUT2D eigenvalue weighted by molar-refractivity contribution is 6.32. The number of H-pyrrole nitrogens is 1. The zero-order valence-electron chi connectivity index (χ0n) is 26.2. The minimum atomic E-state index is -0.701. The Morgan fingerprint density at radius 1 is 1.02 bits per heavy atom. The largest absolute Gasteiger partial charge is 0.465 e. The third-order valence-corrected chi connectivity index (χ3v) is 8.39. The predicted molar refractivity (Wildman–Crippen MR) is 180 cm³/mol. The summed E-state index contributed by atoms with van der Waals surface area (Å²) in [6.45, 7) is 2.12. The molecule has 0 radical (unpaired) electrons. The molecule has 1 aliphatic rings. The fourth-order valence-electron chi connectivity index (χ4n) is 5.42. The lowest BCUT2D eigenvalue weighted by Crippen LogP contribution is -2.40. The Bertz CT molecular complexity index is 1940. The minimum Gasteiger partial charge on any atom is -0.465 e. The van der Waals surface area contributed by atoms with Gasteiger partial charge in [-0.2, -0.15) is 0 Å². The summed E-state index contributed by atoms with van der Waals surface area (Å²) in [5.74, 6) is -0.173. The summed E-state index contributed by atoms with van der Waals surface area (Å²) in [6, 6.07) is 17.9. The van der Waals surface area contributed by atoms with Crippen LogP contribution >= 0.6 is 23.2 Å². The van der Waals surface area contributed by atoms with Gasteiger partial charge in [0.25, 0.3) is 5.91 Å². The van der Waals surface area contributed by atoms with Gasteiger partial charge in [-0.05, 0) is 70.4 Å². The van der Waals surface area contributed by atoms with Gasteiger partial charge in [0.2, 0.25) is 0 Å². The van der Waals surface area contributed by atoms with E-state index < -0.39 is 18.0 Å². The number of urea groups is 1. The highest BCUT2D eigenvalue weighted by Gasteiger charge is 2.24. The third kappa shape index (κ3) is 8.05. The zero-order valence-corrected chi connectivity index (χ0v) is 27.7. The number of methoxy groups -OCH3 is 1. The van der Waals surface area contributed by atoms with Crippen molar-refractivity contribution in [3.05, 3.63) is 111 Å². The number of amides is 3. The van der Waals surface area contributed by atoms with E-state index in [0.717, 1.165) is 5.56 Å². The number of morpholine rings is 1. The topological polar surface area (TPSA) is 169 Å². The van der Waals surface area contributed by atoms with Gasteiger partial charge in [0.15, 0.2) is 0 Å². The number of hydrogen-bond acceptors (Lipinski definition) is 9. The van der Waals surface area contributed by atoms with E-state index in [4.69, 9.17) is 37.7 Å². The second-order valence-corrected chi connectivity index (χ2v) is 11.9. The first kappa shape index (κ1) is 33.6. The van der Waals surface area contributed by atoms with E-state index in [9.17, 15) is 14.4 Å². The maximum absolute atomic E-state index is 13.5. The zero-order chi connectivity index (χ0) is 34.3. The second kappa shape index (κ2) is 15.3. The number of esters is 1. The third-order valence-electron chi connectivity index (χ3n) is 7.88. The van der Waals surface area contributed by atoms with Crippen LogP contribution < -0.4 is 10.6 Å². The van der Waals surface area contributed by atoms with Crippen LogP contribution in [0, 0.1) is 0 Å². The van der Waals surface area contributed by atoms with E-state index >= 15 is 0 Å². The van der Waals surface area contributed by atoms with Crippen molar-refractivity contribution in [1.29, 1.82) is 0 Å². The van der Waals surface area contributed by atoms with Crippen molar-refractivity contribution in [3.63, 3.8) is 0 Å². The van der Waals surface area contributed by atoms with Crippen LogP contribution in [0.25, 0.3) is 16.9 Å². The van der Waals surface area contributed by atoms with Crippen molar-refractivity contribution in [2.75, 3.05) is 33.4 Å². The van der Waals surface area contributed by atoms with Crippen LogP contribution in [0.1, 0.15) is 43.7 Å². The molecule has 1 fully saturated rings. The molecule has 2 aromatic heterocycles. The summed E-state index contributed by atoms with van der Waals surface area (Å²) < 4.78 is 11.7. The number of imidazole rings is 1. The summed E-state index contributed by atoms with van der Waals surface area (Å²) in [5.41, 5.74) is 4.11. The molecule has 0 unspecified atom stereocenters. The van der Waals surface area contributed by atoms with Gasteiger partial charge in [-0.3, -0.25) is 4.79 Å². The fraction of sp³-hybridized carbons (Fsp3) is 0.242. The van der Waals surface area contributed by atoms with Crippen LogP contribution in [0.2, 0.25) is 10.2 Å². The maximum Gasteiger partial charge on any atom is 0.337 e. The summed E-state index contributed by atoms with van der Waals surface area (Å²) >= 11 is 12.9. The van der Waals surface area contributed by atoms with Crippen molar-refractivity contribution in [2.24, 2.45) is 0 Å². The Balaban J connectivity index is 1.25. The van der Waals surface area contributed by atoms with Crippen molar-refractivity contribution in [1.82, 2.24) is 45.7 Å². The Morgan fingerprint density at radius 3 is 2.55 bits per heavy atom. The molecule has 252 valence electrons. The van der Waals surface area contributed by atoms with Gasteiger partial charge in [0, 0.05) is 35.8 Å². The Kier molecular flexibility index (Phi) is 10.5. The van der Waals surface area contributed by atoms with Crippen LogP contribution in [0.4, 0.5) is 4.79 Å². The molecule has 0 aliphatic carbocycles. The lowest BCUT2D eigenvalue weighted by atomic mass is 10.0. The molecule has 16 heteroatoms. The number of benzene rings is 3. The first-order valence-corrected chi connectivity index (χ1v) is 16.0. The average molecular weight is 705 g/mol. The summed E-state index contributed by atoms with van der Waals surface area (Å²) in [6.07, 6.45) is 1.72. The number of aromatic amines is 1. The highest BCUT2D eigenvalue weighted by atomic mass is 35.5. The van der Waals surface area contributed by atoms with Crippen LogP contribution in [-0.2, 0) is 22.4 Å². The summed E-state index contributed by atoms with van der Waals surface area (Å²) in [4.78, 5) is 48.2. The van der Waals surface area contributed by atoms with E-state index in [-0.39, 0.29) is 24.0 Å². The smallest absolute Gasteiger partial charge is 0.337 e. The maximum atomic E-state index is 13.5. The van der Waals surface area contributed by atoms with Crippen molar-refractivity contribution in [3.8, 4) is 16.9 Å². The number of nitrogens with one attached hydrogen (secondary N) is 3. The number of carbonyl (C=O) groups is 3. The van der Waals surface area contributed by atoms with Crippen molar-refractivity contribution in [2.45, 2.75) is 19.0 Å². The van der Waals surface area contributed by atoms with Gasteiger partial charge >= 0.3 is 12.0 Å². The predicted octanol–water partition coefficient (Wildman–Crippen LogP) is 4.40. The van der Waals surface area contributed by atoms with Crippen LogP contribution in [-0.4, -0.2) is 86.4 Å². The molecule has 3 amide bonds. The first-order chi connectivity index (χ1) is 23.8. The lowest BCUT2D eigenvalue weighted by Gasteiger charge is -2.27. The summed E-state index contributed by atoms with van der Waals surface area (Å²) in [5, 5.41) is 17.9. The Hall–Kier alpha value is -5.31. The van der Waals surface area contributed by atoms with E-state index in [2.05, 4.69) is 31.1 Å². The molecule has 1 saturated heterocycles. The Labute approximate surface area is 290 Å². The monoisotopic (exact) mass is 703 g/mol. The van der Waals surface area contributed by atoms with Gasteiger partial charge in [-0.25, -0.2) is 19.3 Å². The molecule has 6 rings (SSSR count). The molecule has 14 nitrogen and oxygen atoms in total. The quantitative estimate of drug-likeness (QED) is 0.179.